The number of anilines is 2. The minimum absolute atomic E-state index is 0.361. The molecule has 1 aromatic heterocycles. The third-order valence-corrected chi connectivity index (χ3v) is 2.25. The van der Waals surface area contributed by atoms with Crippen LogP contribution in [0.4, 0.5) is 11.4 Å². The van der Waals surface area contributed by atoms with Crippen LogP contribution in [0.5, 0.6) is 0 Å². The van der Waals surface area contributed by atoms with Crippen LogP contribution in [-0.4, -0.2) is 15.0 Å². The predicted octanol–water partition coefficient (Wildman–Crippen LogP) is 1.85. The second-order valence-corrected chi connectivity index (χ2v) is 3.60. The molecule has 0 saturated heterocycles. The predicted molar refractivity (Wildman–Crippen MR) is 67.6 cm³/mol. The summed E-state index contributed by atoms with van der Waals surface area (Å²) in [5.74, 6) is 0. The van der Waals surface area contributed by atoms with Gasteiger partial charge in [0.25, 0.3) is 0 Å². The summed E-state index contributed by atoms with van der Waals surface area (Å²) in [4.78, 5) is 8.20. The Morgan fingerprint density at radius 1 is 1.19 bits per heavy atom. The molecule has 0 radical (unpaired) electrons. The van der Waals surface area contributed by atoms with Gasteiger partial charge >= 0.3 is 0 Å². The Hall–Kier alpha value is -2.01. The highest BCUT2D eigenvalue weighted by atomic mass is 32.1. The molecular formula is C11H10N4S. The Kier molecular flexibility index (Phi) is 3.07. The lowest BCUT2D eigenvalue weighted by molar-refractivity contribution is 1.17. The fourth-order valence-electron chi connectivity index (χ4n) is 1.33. The zero-order chi connectivity index (χ0) is 11.4. The number of aromatic nitrogens is 2. The SMILES string of the molecule is NC(=S)c1ccccc1Nc1cncnc1. The van der Waals surface area contributed by atoms with Gasteiger partial charge in [-0.25, -0.2) is 9.97 Å². The molecular weight excluding hydrogens is 220 g/mol. The van der Waals surface area contributed by atoms with Gasteiger partial charge in [0.05, 0.1) is 18.1 Å². The molecule has 0 spiro atoms. The molecule has 0 fully saturated rings. The van der Waals surface area contributed by atoms with Crippen molar-refractivity contribution >= 4 is 28.6 Å². The first-order valence-corrected chi connectivity index (χ1v) is 5.09. The molecule has 2 aromatic rings. The molecule has 0 unspecified atom stereocenters. The highest BCUT2D eigenvalue weighted by Crippen LogP contribution is 2.19. The van der Waals surface area contributed by atoms with Crippen LogP contribution in [0, 0.1) is 0 Å². The number of nitrogens with two attached hydrogens (primary N) is 1. The molecule has 1 heterocycles. The molecule has 0 aliphatic rings. The molecule has 0 aliphatic carbocycles. The van der Waals surface area contributed by atoms with Crippen molar-refractivity contribution in [3.05, 3.63) is 48.5 Å². The Morgan fingerprint density at radius 3 is 2.56 bits per heavy atom. The van der Waals surface area contributed by atoms with Gasteiger partial charge in [-0.3, -0.25) is 0 Å². The van der Waals surface area contributed by atoms with Gasteiger partial charge in [0, 0.05) is 11.3 Å². The molecule has 5 heteroatoms. The molecule has 4 nitrogen and oxygen atoms in total. The van der Waals surface area contributed by atoms with E-state index < -0.39 is 0 Å². The van der Waals surface area contributed by atoms with E-state index in [1.54, 1.807) is 12.4 Å². The third-order valence-electron chi connectivity index (χ3n) is 2.03. The van der Waals surface area contributed by atoms with Gasteiger partial charge in [-0.15, -0.1) is 0 Å². The van der Waals surface area contributed by atoms with Crippen LogP contribution in [0.2, 0.25) is 0 Å². The summed E-state index contributed by atoms with van der Waals surface area (Å²) >= 11 is 4.97. The third kappa shape index (κ3) is 2.32. The summed E-state index contributed by atoms with van der Waals surface area (Å²) in [6, 6.07) is 7.57. The van der Waals surface area contributed by atoms with Crippen LogP contribution in [0.15, 0.2) is 43.0 Å². The lowest BCUT2D eigenvalue weighted by Gasteiger charge is -2.09. The Labute approximate surface area is 98.5 Å². The van der Waals surface area contributed by atoms with Gasteiger partial charge in [0.15, 0.2) is 0 Å². The number of nitrogens with one attached hydrogen (secondary N) is 1. The lowest BCUT2D eigenvalue weighted by Crippen LogP contribution is -2.11. The molecule has 0 bridgehead atoms. The fraction of sp³-hybridized carbons (Fsp3) is 0. The van der Waals surface area contributed by atoms with E-state index in [0.29, 0.717) is 4.99 Å². The van der Waals surface area contributed by atoms with E-state index in [9.17, 15) is 0 Å². The second kappa shape index (κ2) is 4.67. The first-order chi connectivity index (χ1) is 7.77. The molecule has 2 rings (SSSR count). The highest BCUT2D eigenvalue weighted by Gasteiger charge is 2.04. The molecule has 0 amide bonds. The number of rotatable bonds is 3. The van der Waals surface area contributed by atoms with Gasteiger partial charge in [-0.2, -0.15) is 0 Å². The minimum atomic E-state index is 0.361. The van der Waals surface area contributed by atoms with Gasteiger partial charge in [-0.05, 0) is 12.1 Å². The maximum absolute atomic E-state index is 5.63. The Bertz CT molecular complexity index is 498. The standard InChI is InChI=1S/C11H10N4S/c12-11(16)9-3-1-2-4-10(9)15-8-5-13-7-14-6-8/h1-7,15H,(H2,12,16). The normalized spacial score (nSPS) is 9.75. The van der Waals surface area contributed by atoms with Crippen molar-refractivity contribution in [3.63, 3.8) is 0 Å². The molecule has 3 N–H and O–H groups in total. The van der Waals surface area contributed by atoms with Crippen LogP contribution in [0.1, 0.15) is 5.56 Å². The molecule has 1 aromatic carbocycles. The van der Waals surface area contributed by atoms with Crippen LogP contribution in [0.25, 0.3) is 0 Å². The zero-order valence-corrected chi connectivity index (χ0v) is 9.24. The van der Waals surface area contributed by atoms with Crippen molar-refractivity contribution in [3.8, 4) is 0 Å². The van der Waals surface area contributed by atoms with E-state index >= 15 is 0 Å². The second-order valence-electron chi connectivity index (χ2n) is 3.16. The minimum Gasteiger partial charge on any atom is -0.389 e. The van der Waals surface area contributed by atoms with Crippen LogP contribution in [0.3, 0.4) is 0 Å². The topological polar surface area (TPSA) is 63.8 Å². The van der Waals surface area contributed by atoms with Gasteiger partial charge in [0.1, 0.15) is 11.3 Å². The van der Waals surface area contributed by atoms with Crippen LogP contribution >= 0.6 is 12.2 Å². The molecule has 80 valence electrons. The number of benzene rings is 1. The molecule has 16 heavy (non-hydrogen) atoms. The summed E-state index contributed by atoms with van der Waals surface area (Å²) in [6.07, 6.45) is 4.84. The van der Waals surface area contributed by atoms with E-state index in [-0.39, 0.29) is 0 Å². The first kappa shape index (κ1) is 10.5. The average Bonchev–Trinajstić information content (AvgIpc) is 2.31. The van der Waals surface area contributed by atoms with E-state index in [1.165, 1.54) is 6.33 Å². The Morgan fingerprint density at radius 2 is 1.88 bits per heavy atom. The smallest absolute Gasteiger partial charge is 0.115 e. The van der Waals surface area contributed by atoms with Crippen LogP contribution in [-0.2, 0) is 0 Å². The summed E-state index contributed by atoms with van der Waals surface area (Å²) < 4.78 is 0. The van der Waals surface area contributed by atoms with E-state index in [0.717, 1.165) is 16.9 Å². The van der Waals surface area contributed by atoms with Gasteiger partial charge < -0.3 is 11.1 Å². The van der Waals surface area contributed by atoms with Crippen molar-refractivity contribution in [1.82, 2.24) is 9.97 Å². The van der Waals surface area contributed by atoms with E-state index in [2.05, 4.69) is 15.3 Å². The fourth-order valence-corrected chi connectivity index (χ4v) is 1.50. The number of thiocarbonyl (C=S) groups is 1. The lowest BCUT2D eigenvalue weighted by atomic mass is 10.2. The van der Waals surface area contributed by atoms with Crippen molar-refractivity contribution in [2.24, 2.45) is 5.73 Å². The summed E-state index contributed by atoms with van der Waals surface area (Å²) in [7, 11) is 0. The first-order valence-electron chi connectivity index (χ1n) is 4.68. The number of para-hydroxylation sites is 1. The zero-order valence-electron chi connectivity index (χ0n) is 8.42. The maximum atomic E-state index is 5.63. The van der Waals surface area contributed by atoms with E-state index in [1.807, 2.05) is 24.3 Å². The largest absolute Gasteiger partial charge is 0.389 e. The monoisotopic (exact) mass is 230 g/mol. The number of nitrogens with zero attached hydrogens (tertiary/aromatic N) is 2. The number of hydrogen-bond acceptors (Lipinski definition) is 4. The summed E-state index contributed by atoms with van der Waals surface area (Å²) in [5.41, 5.74) is 8.08. The molecule has 0 atom stereocenters. The quantitative estimate of drug-likeness (QED) is 0.788. The maximum Gasteiger partial charge on any atom is 0.115 e. The summed E-state index contributed by atoms with van der Waals surface area (Å²) in [6.45, 7) is 0. The van der Waals surface area contributed by atoms with Gasteiger partial charge in [0.2, 0.25) is 0 Å². The van der Waals surface area contributed by atoms with E-state index in [4.69, 9.17) is 18.0 Å². The molecule has 0 aliphatic heterocycles. The average molecular weight is 230 g/mol. The van der Waals surface area contributed by atoms with Crippen molar-refractivity contribution in [2.45, 2.75) is 0 Å². The van der Waals surface area contributed by atoms with Crippen LogP contribution < -0.4 is 11.1 Å². The Balaban J connectivity index is 2.31. The van der Waals surface area contributed by atoms with Crippen molar-refractivity contribution in [2.75, 3.05) is 5.32 Å². The summed E-state index contributed by atoms with van der Waals surface area (Å²) in [5, 5.41) is 3.16. The number of hydrogen-bond donors (Lipinski definition) is 2. The highest BCUT2D eigenvalue weighted by molar-refractivity contribution is 7.80. The van der Waals surface area contributed by atoms with Crippen molar-refractivity contribution in [1.29, 1.82) is 0 Å². The molecule has 0 saturated carbocycles. The van der Waals surface area contributed by atoms with Gasteiger partial charge in [-0.1, -0.05) is 24.4 Å². The van der Waals surface area contributed by atoms with Crippen molar-refractivity contribution < 1.29 is 0 Å².